The highest BCUT2D eigenvalue weighted by atomic mass is 79.9. The van der Waals surface area contributed by atoms with Crippen molar-refractivity contribution in [1.82, 2.24) is 9.78 Å². The van der Waals surface area contributed by atoms with Gasteiger partial charge in [0, 0.05) is 22.6 Å². The molecule has 0 aliphatic carbocycles. The molecule has 0 aliphatic heterocycles. The van der Waals surface area contributed by atoms with Crippen molar-refractivity contribution in [3.05, 3.63) is 52.8 Å². The molecule has 0 bridgehead atoms. The van der Waals surface area contributed by atoms with Gasteiger partial charge >= 0.3 is 0 Å². The molecule has 1 aromatic carbocycles. The fraction of sp³-hybridized carbons (Fsp3) is 0.438. The molecule has 1 aromatic heterocycles. The smallest absolute Gasteiger partial charge is 0.0631 e. The van der Waals surface area contributed by atoms with E-state index in [1.165, 1.54) is 5.56 Å². The van der Waals surface area contributed by atoms with Gasteiger partial charge < -0.3 is 0 Å². The lowest BCUT2D eigenvalue weighted by molar-refractivity contribution is 0.472. The van der Waals surface area contributed by atoms with Gasteiger partial charge in [0.25, 0.3) is 0 Å². The van der Waals surface area contributed by atoms with Crippen LogP contribution in [0.5, 0.6) is 0 Å². The predicted octanol–water partition coefficient (Wildman–Crippen LogP) is 5.23. The molecular weight excluding hydrogens is 336 g/mol. The van der Waals surface area contributed by atoms with Gasteiger partial charge in [-0.25, -0.2) is 0 Å². The highest BCUT2D eigenvalue weighted by Crippen LogP contribution is 2.25. The first-order valence-corrected chi connectivity index (χ1v) is 8.49. The Labute approximate surface area is 134 Å². The molecule has 2 aromatic rings. The number of halogens is 2. The molecule has 4 heteroatoms. The lowest BCUT2D eigenvalue weighted by Gasteiger charge is -2.14. The molecule has 0 saturated heterocycles. The van der Waals surface area contributed by atoms with E-state index in [2.05, 4.69) is 57.9 Å². The third kappa shape index (κ3) is 3.86. The Morgan fingerprint density at radius 2 is 2.15 bits per heavy atom. The first kappa shape index (κ1) is 15.6. The third-order valence-corrected chi connectivity index (χ3v) is 4.68. The molecule has 0 saturated carbocycles. The van der Waals surface area contributed by atoms with Crippen molar-refractivity contribution in [3.63, 3.8) is 0 Å². The van der Waals surface area contributed by atoms with Crippen LogP contribution < -0.4 is 0 Å². The number of benzene rings is 1. The van der Waals surface area contributed by atoms with Crippen molar-refractivity contribution in [2.24, 2.45) is 0 Å². The van der Waals surface area contributed by atoms with E-state index in [1.807, 2.05) is 18.2 Å². The van der Waals surface area contributed by atoms with Gasteiger partial charge in [0.05, 0.1) is 5.69 Å². The maximum absolute atomic E-state index is 6.08. The maximum atomic E-state index is 6.08. The largest absolute Gasteiger partial charge is 0.270 e. The van der Waals surface area contributed by atoms with Gasteiger partial charge in [-0.05, 0) is 49.4 Å². The summed E-state index contributed by atoms with van der Waals surface area (Å²) in [4.78, 5) is 0. The summed E-state index contributed by atoms with van der Waals surface area (Å²) >= 11 is 9.68. The Balaban J connectivity index is 2.12. The molecule has 2 nitrogen and oxygen atoms in total. The quantitative estimate of drug-likeness (QED) is 0.649. The summed E-state index contributed by atoms with van der Waals surface area (Å²) < 4.78 is 2.05. The number of aromatic nitrogens is 2. The summed E-state index contributed by atoms with van der Waals surface area (Å²) in [7, 11) is 0. The number of hydrogen-bond donors (Lipinski definition) is 0. The minimum Gasteiger partial charge on any atom is -0.270 e. The molecule has 0 radical (unpaired) electrons. The standard InChI is InChI=1S/C16H20BrClN2/c1-3-12(2)20-8-7-16(19-20)10-14(11-17)13-5-4-6-15(18)9-13/h4-9,12,14H,3,10-11H2,1-2H3. The maximum Gasteiger partial charge on any atom is 0.0631 e. The van der Waals surface area contributed by atoms with Gasteiger partial charge in [-0.15, -0.1) is 0 Å². The second-order valence-electron chi connectivity index (χ2n) is 5.15. The monoisotopic (exact) mass is 354 g/mol. The summed E-state index contributed by atoms with van der Waals surface area (Å²) in [6.45, 7) is 4.37. The number of nitrogens with zero attached hydrogens (tertiary/aromatic N) is 2. The normalized spacial score (nSPS) is 14.2. The van der Waals surface area contributed by atoms with E-state index in [0.29, 0.717) is 12.0 Å². The van der Waals surface area contributed by atoms with Crippen LogP contribution in [-0.4, -0.2) is 15.1 Å². The van der Waals surface area contributed by atoms with Crippen LogP contribution in [0.25, 0.3) is 0 Å². The summed E-state index contributed by atoms with van der Waals surface area (Å²) in [5, 5.41) is 6.38. The average Bonchev–Trinajstić information content (AvgIpc) is 2.92. The van der Waals surface area contributed by atoms with Crippen LogP contribution in [-0.2, 0) is 6.42 Å². The van der Waals surface area contributed by atoms with Gasteiger partial charge in [0.1, 0.15) is 0 Å². The first-order chi connectivity index (χ1) is 9.63. The number of rotatable bonds is 6. The van der Waals surface area contributed by atoms with Gasteiger partial charge in [-0.3, -0.25) is 4.68 Å². The minimum absolute atomic E-state index is 0.397. The zero-order chi connectivity index (χ0) is 14.5. The van der Waals surface area contributed by atoms with Crippen molar-refractivity contribution < 1.29 is 0 Å². The number of hydrogen-bond acceptors (Lipinski definition) is 1. The van der Waals surface area contributed by atoms with E-state index in [1.54, 1.807) is 0 Å². The summed E-state index contributed by atoms with van der Waals surface area (Å²) in [6.07, 6.45) is 4.10. The molecule has 1 heterocycles. The highest BCUT2D eigenvalue weighted by Gasteiger charge is 2.14. The summed E-state index contributed by atoms with van der Waals surface area (Å²) in [6, 6.07) is 10.7. The van der Waals surface area contributed by atoms with Gasteiger partial charge in [0.2, 0.25) is 0 Å². The topological polar surface area (TPSA) is 17.8 Å². The Morgan fingerprint density at radius 3 is 2.80 bits per heavy atom. The van der Waals surface area contributed by atoms with E-state index in [0.717, 1.165) is 28.9 Å². The Morgan fingerprint density at radius 1 is 1.35 bits per heavy atom. The zero-order valence-electron chi connectivity index (χ0n) is 11.9. The molecule has 0 N–H and O–H groups in total. The van der Waals surface area contributed by atoms with Crippen LogP contribution in [0.2, 0.25) is 5.02 Å². The Hall–Kier alpha value is -0.800. The lowest BCUT2D eigenvalue weighted by atomic mass is 9.96. The van der Waals surface area contributed by atoms with Crippen molar-refractivity contribution in [2.75, 3.05) is 5.33 Å². The van der Waals surface area contributed by atoms with Crippen molar-refractivity contribution >= 4 is 27.5 Å². The molecule has 108 valence electrons. The highest BCUT2D eigenvalue weighted by molar-refractivity contribution is 9.09. The molecule has 2 rings (SSSR count). The second kappa shape index (κ2) is 7.28. The molecule has 20 heavy (non-hydrogen) atoms. The SMILES string of the molecule is CCC(C)n1ccc(CC(CBr)c2cccc(Cl)c2)n1. The summed E-state index contributed by atoms with van der Waals surface area (Å²) in [5.74, 6) is 0.397. The molecule has 2 atom stereocenters. The van der Waals surface area contributed by atoms with E-state index < -0.39 is 0 Å². The zero-order valence-corrected chi connectivity index (χ0v) is 14.2. The van der Waals surface area contributed by atoms with Crippen molar-refractivity contribution in [3.8, 4) is 0 Å². The second-order valence-corrected chi connectivity index (χ2v) is 6.24. The van der Waals surface area contributed by atoms with Crippen LogP contribution in [0.3, 0.4) is 0 Å². The van der Waals surface area contributed by atoms with Crippen LogP contribution >= 0.6 is 27.5 Å². The van der Waals surface area contributed by atoms with Gasteiger partial charge in [-0.2, -0.15) is 5.10 Å². The Kier molecular flexibility index (Phi) is 5.67. The number of alkyl halides is 1. The fourth-order valence-corrected chi connectivity index (χ4v) is 2.99. The van der Waals surface area contributed by atoms with E-state index in [4.69, 9.17) is 11.6 Å². The molecular formula is C16H20BrClN2. The van der Waals surface area contributed by atoms with Gasteiger partial charge in [-0.1, -0.05) is 46.6 Å². The van der Waals surface area contributed by atoms with E-state index >= 15 is 0 Å². The molecule has 0 aliphatic rings. The van der Waals surface area contributed by atoms with Crippen molar-refractivity contribution in [2.45, 2.75) is 38.6 Å². The average molecular weight is 356 g/mol. The van der Waals surface area contributed by atoms with Crippen LogP contribution in [0, 0.1) is 0 Å². The molecule has 0 amide bonds. The molecule has 0 fully saturated rings. The van der Waals surface area contributed by atoms with Crippen LogP contribution in [0.1, 0.15) is 43.5 Å². The third-order valence-electron chi connectivity index (χ3n) is 3.67. The Bertz CT molecular complexity index is 553. The first-order valence-electron chi connectivity index (χ1n) is 6.99. The summed E-state index contributed by atoms with van der Waals surface area (Å²) in [5.41, 5.74) is 2.39. The minimum atomic E-state index is 0.397. The van der Waals surface area contributed by atoms with E-state index in [-0.39, 0.29) is 0 Å². The molecule has 0 spiro atoms. The van der Waals surface area contributed by atoms with Crippen molar-refractivity contribution in [1.29, 1.82) is 0 Å². The van der Waals surface area contributed by atoms with Crippen LogP contribution in [0.15, 0.2) is 36.5 Å². The van der Waals surface area contributed by atoms with Gasteiger partial charge in [0.15, 0.2) is 0 Å². The predicted molar refractivity (Wildman–Crippen MR) is 88.9 cm³/mol. The van der Waals surface area contributed by atoms with Crippen LogP contribution in [0.4, 0.5) is 0 Å². The lowest BCUT2D eigenvalue weighted by Crippen LogP contribution is -2.08. The molecule has 2 unspecified atom stereocenters. The van der Waals surface area contributed by atoms with E-state index in [9.17, 15) is 0 Å². The fourth-order valence-electron chi connectivity index (χ4n) is 2.19.